The molecule has 0 spiro atoms. The van der Waals surface area contributed by atoms with Crippen LogP contribution in [0.1, 0.15) is 69.7 Å². The fraction of sp³-hybridized carbons (Fsp3) is 0.326. The van der Waals surface area contributed by atoms with Crippen molar-refractivity contribution < 1.29 is 0 Å². The second-order valence-corrected chi connectivity index (χ2v) is 14.4. The lowest BCUT2D eigenvalue weighted by molar-refractivity contribution is 0.0760. The molecule has 5 aromatic rings. The lowest BCUT2D eigenvalue weighted by Gasteiger charge is -2.61. The van der Waals surface area contributed by atoms with Gasteiger partial charge in [0, 0.05) is 41.1 Å². The molecule has 254 valence electrons. The Labute approximate surface area is 296 Å². The molecule has 7 heteroatoms. The van der Waals surface area contributed by atoms with Crippen molar-refractivity contribution in [1.29, 1.82) is 0 Å². The molecule has 8 rings (SSSR count). The second kappa shape index (κ2) is 12.0. The van der Waals surface area contributed by atoms with Crippen molar-refractivity contribution in [1.82, 2.24) is 15.0 Å². The van der Waals surface area contributed by atoms with Crippen LogP contribution in [0.3, 0.4) is 0 Å². The van der Waals surface area contributed by atoms with Gasteiger partial charge in [-0.3, -0.25) is 0 Å². The number of pyridine rings is 1. The molecule has 3 aromatic carbocycles. The van der Waals surface area contributed by atoms with Crippen molar-refractivity contribution >= 4 is 40.2 Å². The quantitative estimate of drug-likeness (QED) is 0.153. The summed E-state index contributed by atoms with van der Waals surface area (Å²) in [4.78, 5) is 25.6. The molecule has 2 aromatic heterocycles. The van der Waals surface area contributed by atoms with E-state index in [1.165, 1.54) is 22.5 Å². The first-order valence-corrected chi connectivity index (χ1v) is 18.1. The number of benzene rings is 3. The van der Waals surface area contributed by atoms with Crippen molar-refractivity contribution in [3.8, 4) is 0 Å². The highest BCUT2D eigenvalue weighted by molar-refractivity contribution is 5.88. The average molecular weight is 662 g/mol. The highest BCUT2D eigenvalue weighted by atomic mass is 15.5. The minimum Gasteiger partial charge on any atom is -0.351 e. The lowest BCUT2D eigenvalue weighted by atomic mass is 9.51. The average Bonchev–Trinajstić information content (AvgIpc) is 3.64. The van der Waals surface area contributed by atoms with Crippen LogP contribution in [-0.2, 0) is 5.41 Å². The van der Waals surface area contributed by atoms with E-state index in [-0.39, 0.29) is 29.1 Å². The first kappa shape index (κ1) is 32.1. The third-order valence-electron chi connectivity index (χ3n) is 11.9. The number of hydrogen-bond donors (Lipinski definition) is 0. The summed E-state index contributed by atoms with van der Waals surface area (Å²) in [5.74, 6) is 3.06. The predicted molar refractivity (Wildman–Crippen MR) is 206 cm³/mol. The number of anilines is 7. The van der Waals surface area contributed by atoms with Crippen LogP contribution < -0.4 is 19.6 Å². The molecule has 3 aliphatic heterocycles. The maximum absolute atomic E-state index is 5.43. The van der Waals surface area contributed by atoms with E-state index in [0.717, 1.165) is 53.8 Å². The van der Waals surface area contributed by atoms with Crippen LogP contribution in [0, 0.1) is 12.3 Å². The van der Waals surface area contributed by atoms with Crippen molar-refractivity contribution in [3.05, 3.63) is 133 Å². The highest BCUT2D eigenvalue weighted by Gasteiger charge is 2.65. The Hall–Kier alpha value is -5.17. The molecule has 0 amide bonds. The normalized spacial score (nSPS) is 23.5. The zero-order valence-corrected chi connectivity index (χ0v) is 30.1. The number of nitrogens with zero attached hydrogens (tertiary/aromatic N) is 7. The van der Waals surface area contributed by atoms with Crippen LogP contribution in [0.4, 0.5) is 40.2 Å². The number of fused-ring (bicyclic) bond motifs is 6. The highest BCUT2D eigenvalue weighted by Crippen LogP contribution is 2.66. The van der Waals surface area contributed by atoms with Crippen LogP contribution in [0.2, 0.25) is 0 Å². The van der Waals surface area contributed by atoms with E-state index in [1.807, 2.05) is 12.4 Å². The Balaban J connectivity index is 1.43. The van der Waals surface area contributed by atoms with E-state index in [1.54, 1.807) is 0 Å². The molecule has 0 radical (unpaired) electrons. The molecule has 0 aliphatic carbocycles. The Morgan fingerprint density at radius 3 is 2.16 bits per heavy atom. The molecule has 50 heavy (non-hydrogen) atoms. The summed E-state index contributed by atoms with van der Waals surface area (Å²) in [5.41, 5.74) is 7.37. The summed E-state index contributed by atoms with van der Waals surface area (Å²) in [7, 11) is 2.24. The molecule has 0 bridgehead atoms. The van der Waals surface area contributed by atoms with E-state index in [9.17, 15) is 0 Å². The third-order valence-corrected chi connectivity index (χ3v) is 11.9. The minimum absolute atomic E-state index is 0.0209. The van der Waals surface area contributed by atoms with Gasteiger partial charge in [0.2, 0.25) is 0 Å². The zero-order chi connectivity index (χ0) is 34.8. The monoisotopic (exact) mass is 661 g/mol. The molecule has 3 aliphatic rings. The predicted octanol–water partition coefficient (Wildman–Crippen LogP) is 10.2. The molecule has 0 saturated heterocycles. The van der Waals surface area contributed by atoms with Gasteiger partial charge in [-0.25, -0.2) is 15.0 Å². The second-order valence-electron chi connectivity index (χ2n) is 14.4. The topological polar surface area (TPSA) is 51.6 Å². The summed E-state index contributed by atoms with van der Waals surface area (Å²) in [6.45, 7) is 16.0. The van der Waals surface area contributed by atoms with Gasteiger partial charge in [-0.15, -0.1) is 6.58 Å². The van der Waals surface area contributed by atoms with E-state index in [4.69, 9.17) is 15.0 Å². The first-order chi connectivity index (χ1) is 24.3. The molecule has 0 fully saturated rings. The largest absolute Gasteiger partial charge is 0.351 e. The summed E-state index contributed by atoms with van der Waals surface area (Å²) >= 11 is 0. The van der Waals surface area contributed by atoms with Crippen molar-refractivity contribution in [2.45, 2.75) is 77.5 Å². The maximum atomic E-state index is 5.43. The van der Waals surface area contributed by atoms with Gasteiger partial charge in [-0.2, -0.15) is 0 Å². The van der Waals surface area contributed by atoms with Crippen molar-refractivity contribution in [2.75, 3.05) is 26.6 Å². The van der Waals surface area contributed by atoms with Gasteiger partial charge in [-0.1, -0.05) is 88.4 Å². The molecule has 0 saturated carbocycles. The van der Waals surface area contributed by atoms with Crippen LogP contribution in [0.5, 0.6) is 0 Å². The molecule has 4 unspecified atom stereocenters. The van der Waals surface area contributed by atoms with Gasteiger partial charge in [0.25, 0.3) is 0 Å². The van der Waals surface area contributed by atoms with E-state index < -0.39 is 0 Å². The van der Waals surface area contributed by atoms with Gasteiger partial charge < -0.3 is 19.6 Å². The van der Waals surface area contributed by atoms with Gasteiger partial charge in [0.1, 0.15) is 12.3 Å². The van der Waals surface area contributed by atoms with Gasteiger partial charge >= 0.3 is 0 Å². The third kappa shape index (κ3) is 4.31. The Bertz CT molecular complexity index is 2060. The van der Waals surface area contributed by atoms with E-state index in [2.05, 4.69) is 165 Å². The van der Waals surface area contributed by atoms with Crippen molar-refractivity contribution in [2.24, 2.45) is 5.41 Å². The van der Waals surface area contributed by atoms with Crippen LogP contribution in [0.25, 0.3) is 0 Å². The van der Waals surface area contributed by atoms with Gasteiger partial charge in [0.05, 0.1) is 17.6 Å². The van der Waals surface area contributed by atoms with Gasteiger partial charge in [-0.05, 0) is 79.6 Å². The number of allylic oxidation sites excluding steroid dienone is 1. The van der Waals surface area contributed by atoms with Crippen LogP contribution in [0.15, 0.2) is 116 Å². The number of aryl methyl sites for hydroxylation is 1. The van der Waals surface area contributed by atoms with E-state index >= 15 is 0 Å². The fourth-order valence-electron chi connectivity index (χ4n) is 9.41. The SMILES string of the molecule is C=CC1(CC)c2ccccc2N2c3ncc(C(C)C)nc3N(c3ccccc3)C2C1(CC)CC1N(C)c2cccnc2N1c1ccccc1C. The minimum atomic E-state index is -0.379. The summed E-state index contributed by atoms with van der Waals surface area (Å²) in [6.07, 6.45) is 8.64. The van der Waals surface area contributed by atoms with Crippen LogP contribution in [-0.4, -0.2) is 34.3 Å². The van der Waals surface area contributed by atoms with Crippen molar-refractivity contribution in [3.63, 3.8) is 0 Å². The number of para-hydroxylation sites is 3. The molecule has 7 nitrogen and oxygen atoms in total. The Morgan fingerprint density at radius 2 is 1.46 bits per heavy atom. The van der Waals surface area contributed by atoms with Crippen LogP contribution >= 0.6 is 0 Å². The first-order valence-electron chi connectivity index (χ1n) is 18.1. The number of rotatable bonds is 8. The molecule has 4 atom stereocenters. The molecular weight excluding hydrogens is 615 g/mol. The summed E-state index contributed by atoms with van der Waals surface area (Å²) in [5, 5.41) is 0. The molecule has 5 heterocycles. The fourth-order valence-corrected chi connectivity index (χ4v) is 9.41. The smallest absolute Gasteiger partial charge is 0.178 e. The molecular formula is C43H47N7. The zero-order valence-electron chi connectivity index (χ0n) is 30.1. The standard InChI is InChI=1S/C43H47N7/c1-8-42(9-2)32-22-15-17-24-35(32)50-39-40(46-33(28-45-39)29(4)5)48(31-20-12-11-13-21-31)41(50)43(42,10-3)27-37-47(7)36-25-18-26-44-38(36)49(37)34-23-16-14-19-30(34)6/h8,11-26,28-29,37,41H,1,9-10,27H2,2-7H3. The number of aromatic nitrogens is 3. The number of hydrogen-bond acceptors (Lipinski definition) is 7. The Kier molecular flexibility index (Phi) is 7.70. The van der Waals surface area contributed by atoms with Gasteiger partial charge in [0.15, 0.2) is 17.5 Å². The maximum Gasteiger partial charge on any atom is 0.178 e. The molecule has 0 N–H and O–H groups in total. The summed E-state index contributed by atoms with van der Waals surface area (Å²) < 4.78 is 0. The Morgan fingerprint density at radius 1 is 0.760 bits per heavy atom. The van der Waals surface area contributed by atoms with E-state index in [0.29, 0.717) is 0 Å². The summed E-state index contributed by atoms with van der Waals surface area (Å²) in [6, 6.07) is 32.7. The lowest BCUT2D eigenvalue weighted by Crippen LogP contribution is -2.66.